The Balaban J connectivity index is 2.21. The maximum absolute atomic E-state index is 13.8. The topological polar surface area (TPSA) is 54.4 Å². The molecule has 2 aromatic rings. The van der Waals surface area contributed by atoms with E-state index in [1.165, 1.54) is 36.4 Å². The van der Waals surface area contributed by atoms with Crippen LogP contribution in [0.3, 0.4) is 0 Å². The van der Waals surface area contributed by atoms with E-state index >= 15 is 0 Å². The number of ketones is 2. The second kappa shape index (κ2) is 4.42. The number of phenolic OH excluding ortho intramolecular Hbond substituents is 1. The summed E-state index contributed by atoms with van der Waals surface area (Å²) in [5.41, 5.74) is 0.152. The number of hydrogen-bond donors (Lipinski definition) is 1. The van der Waals surface area contributed by atoms with Gasteiger partial charge in [-0.15, -0.1) is 0 Å². The number of Topliss-reactive ketones (excluding diaryl/α,β-unsaturated/α-hetero) is 1. The number of aromatic hydroxyl groups is 1. The predicted octanol–water partition coefficient (Wildman–Crippen LogP) is 2.99. The van der Waals surface area contributed by atoms with Crippen LogP contribution in [0, 0.1) is 5.82 Å². The molecule has 0 saturated heterocycles. The van der Waals surface area contributed by atoms with E-state index in [0.717, 1.165) is 6.08 Å². The first kappa shape index (κ1) is 12.3. The van der Waals surface area contributed by atoms with Crippen molar-refractivity contribution in [2.45, 2.75) is 0 Å². The van der Waals surface area contributed by atoms with Crippen molar-refractivity contribution in [2.75, 3.05) is 0 Å². The number of carbonyl (C=O) groups excluding carboxylic acids is 2. The minimum atomic E-state index is -0.566. The average Bonchev–Trinajstić information content (AvgIpc) is 2.43. The first-order valence-electron chi connectivity index (χ1n) is 5.97. The first-order chi connectivity index (χ1) is 9.59. The number of rotatable bonds is 1. The van der Waals surface area contributed by atoms with E-state index in [1.807, 2.05) is 0 Å². The van der Waals surface area contributed by atoms with Gasteiger partial charge in [0.1, 0.15) is 11.6 Å². The molecule has 0 amide bonds. The zero-order valence-corrected chi connectivity index (χ0v) is 10.3. The fraction of sp³-hybridized carbons (Fsp3) is 0. The lowest BCUT2D eigenvalue weighted by Gasteiger charge is -2.16. The van der Waals surface area contributed by atoms with Gasteiger partial charge in [0.25, 0.3) is 0 Å². The average molecular weight is 268 g/mol. The van der Waals surface area contributed by atoms with Crippen LogP contribution in [-0.2, 0) is 0 Å². The summed E-state index contributed by atoms with van der Waals surface area (Å²) in [5.74, 6) is -1.79. The highest BCUT2D eigenvalue weighted by Gasteiger charge is 2.29. The van der Waals surface area contributed by atoms with Crippen molar-refractivity contribution < 1.29 is 19.1 Å². The van der Waals surface area contributed by atoms with Gasteiger partial charge >= 0.3 is 0 Å². The van der Waals surface area contributed by atoms with E-state index in [2.05, 4.69) is 0 Å². The molecular weight excluding hydrogens is 259 g/mol. The molecule has 0 fully saturated rings. The van der Waals surface area contributed by atoms with Crippen LogP contribution >= 0.6 is 0 Å². The largest absolute Gasteiger partial charge is 0.507 e. The number of allylic oxidation sites excluding steroid dienone is 2. The van der Waals surface area contributed by atoms with Crippen molar-refractivity contribution >= 4 is 17.1 Å². The number of hydrogen-bond acceptors (Lipinski definition) is 3. The fourth-order valence-corrected chi connectivity index (χ4v) is 2.28. The number of phenols is 1. The maximum Gasteiger partial charge on any atom is 0.194 e. The summed E-state index contributed by atoms with van der Waals surface area (Å²) in [5, 5.41) is 9.68. The third kappa shape index (κ3) is 1.73. The molecule has 0 aliphatic heterocycles. The van der Waals surface area contributed by atoms with Crippen LogP contribution in [0.5, 0.6) is 5.75 Å². The molecule has 0 bridgehead atoms. The number of fused-ring (bicyclic) bond motifs is 1. The van der Waals surface area contributed by atoms with Crippen LogP contribution in [-0.4, -0.2) is 16.7 Å². The molecule has 0 aromatic heterocycles. The molecule has 20 heavy (non-hydrogen) atoms. The zero-order valence-electron chi connectivity index (χ0n) is 10.3. The molecular formula is C16H9FO3. The van der Waals surface area contributed by atoms with Crippen LogP contribution in [0.1, 0.15) is 26.3 Å². The lowest BCUT2D eigenvalue weighted by atomic mass is 9.85. The van der Waals surface area contributed by atoms with Crippen molar-refractivity contribution in [3.63, 3.8) is 0 Å². The van der Waals surface area contributed by atoms with Crippen molar-refractivity contribution in [3.8, 4) is 5.75 Å². The Hall–Kier alpha value is -2.75. The summed E-state index contributed by atoms with van der Waals surface area (Å²) < 4.78 is 13.8. The van der Waals surface area contributed by atoms with Gasteiger partial charge in [-0.05, 0) is 18.2 Å². The Labute approximate surface area is 114 Å². The van der Waals surface area contributed by atoms with Gasteiger partial charge in [-0.25, -0.2) is 4.39 Å². The van der Waals surface area contributed by atoms with Crippen LogP contribution in [0.25, 0.3) is 5.57 Å². The second-order valence-corrected chi connectivity index (χ2v) is 4.43. The van der Waals surface area contributed by atoms with Crippen LogP contribution < -0.4 is 0 Å². The molecule has 1 aliphatic rings. The highest BCUT2D eigenvalue weighted by atomic mass is 19.1. The molecule has 98 valence electrons. The Morgan fingerprint density at radius 1 is 0.900 bits per heavy atom. The van der Waals surface area contributed by atoms with Crippen LogP contribution in [0.15, 0.2) is 48.5 Å². The summed E-state index contributed by atoms with van der Waals surface area (Å²) >= 11 is 0. The number of benzene rings is 2. The van der Waals surface area contributed by atoms with Crippen molar-refractivity contribution in [3.05, 3.63) is 71.0 Å². The molecule has 3 rings (SSSR count). The number of carbonyl (C=O) groups is 2. The van der Waals surface area contributed by atoms with E-state index in [4.69, 9.17) is 0 Å². The zero-order chi connectivity index (χ0) is 14.3. The monoisotopic (exact) mass is 268 g/mol. The highest BCUT2D eigenvalue weighted by Crippen LogP contribution is 2.32. The van der Waals surface area contributed by atoms with Gasteiger partial charge in [0, 0.05) is 16.7 Å². The molecule has 0 atom stereocenters. The molecule has 0 unspecified atom stereocenters. The molecule has 2 aromatic carbocycles. The Bertz CT molecular complexity index is 775. The normalized spacial score (nSPS) is 13.9. The number of halogens is 1. The lowest BCUT2D eigenvalue weighted by molar-refractivity contribution is 0.0999. The van der Waals surface area contributed by atoms with E-state index in [1.54, 1.807) is 6.07 Å². The van der Waals surface area contributed by atoms with Gasteiger partial charge in [0.05, 0.1) is 5.56 Å². The highest BCUT2D eigenvalue weighted by molar-refractivity contribution is 6.39. The predicted molar refractivity (Wildman–Crippen MR) is 71.1 cm³/mol. The lowest BCUT2D eigenvalue weighted by Crippen LogP contribution is -2.17. The van der Waals surface area contributed by atoms with Gasteiger partial charge in [0.15, 0.2) is 11.6 Å². The van der Waals surface area contributed by atoms with Gasteiger partial charge in [-0.2, -0.15) is 0 Å². The van der Waals surface area contributed by atoms with E-state index < -0.39 is 17.4 Å². The Kier molecular flexibility index (Phi) is 2.71. The SMILES string of the molecule is O=C1C(c2ccccc2F)=CC(=O)c2c(O)cccc21. The van der Waals surface area contributed by atoms with Crippen molar-refractivity contribution in [1.82, 2.24) is 0 Å². The minimum absolute atomic E-state index is 0.00574. The van der Waals surface area contributed by atoms with E-state index in [0.29, 0.717) is 0 Å². The molecule has 0 radical (unpaired) electrons. The molecule has 1 N–H and O–H groups in total. The fourth-order valence-electron chi connectivity index (χ4n) is 2.28. The maximum atomic E-state index is 13.8. The molecule has 3 nitrogen and oxygen atoms in total. The first-order valence-corrected chi connectivity index (χ1v) is 5.97. The van der Waals surface area contributed by atoms with Crippen molar-refractivity contribution in [1.29, 1.82) is 0 Å². The summed E-state index contributed by atoms with van der Waals surface area (Å²) in [4.78, 5) is 24.4. The van der Waals surface area contributed by atoms with Crippen LogP contribution in [0.4, 0.5) is 4.39 Å². The van der Waals surface area contributed by atoms with Gasteiger partial charge < -0.3 is 5.11 Å². The standard InChI is InChI=1S/C16H9FO3/c17-12-6-2-1-4-9(12)11-8-14(19)15-10(16(11)20)5-3-7-13(15)18/h1-8,18H. The van der Waals surface area contributed by atoms with Gasteiger partial charge in [0.2, 0.25) is 0 Å². The van der Waals surface area contributed by atoms with Crippen LogP contribution in [0.2, 0.25) is 0 Å². The Morgan fingerprint density at radius 2 is 1.60 bits per heavy atom. The Morgan fingerprint density at radius 3 is 2.35 bits per heavy atom. The summed E-state index contributed by atoms with van der Waals surface area (Å²) in [6.07, 6.45) is 1.07. The molecule has 1 aliphatic carbocycles. The summed E-state index contributed by atoms with van der Waals surface area (Å²) in [6.45, 7) is 0. The van der Waals surface area contributed by atoms with Gasteiger partial charge in [-0.3, -0.25) is 9.59 Å². The molecule has 4 heteroatoms. The quantitative estimate of drug-likeness (QED) is 0.865. The molecule has 0 heterocycles. The third-order valence-electron chi connectivity index (χ3n) is 3.22. The molecule has 0 spiro atoms. The molecule has 0 saturated carbocycles. The summed E-state index contributed by atoms with van der Waals surface area (Å²) in [7, 11) is 0. The smallest absolute Gasteiger partial charge is 0.194 e. The van der Waals surface area contributed by atoms with E-state index in [-0.39, 0.29) is 28.0 Å². The van der Waals surface area contributed by atoms with E-state index in [9.17, 15) is 19.1 Å². The summed E-state index contributed by atoms with van der Waals surface area (Å²) in [6, 6.07) is 10.0. The second-order valence-electron chi connectivity index (χ2n) is 4.43. The van der Waals surface area contributed by atoms with Gasteiger partial charge in [-0.1, -0.05) is 30.3 Å². The third-order valence-corrected chi connectivity index (χ3v) is 3.22. The van der Waals surface area contributed by atoms with Crippen molar-refractivity contribution in [2.24, 2.45) is 0 Å². The minimum Gasteiger partial charge on any atom is -0.507 e.